The number of unbranched alkanes of at least 4 members (excludes halogenated alkanes) is 2. The van der Waals surface area contributed by atoms with Crippen LogP contribution in [0.5, 0.6) is 0 Å². The fourth-order valence-electron chi connectivity index (χ4n) is 3.21. The molecule has 2 heteroatoms. The summed E-state index contributed by atoms with van der Waals surface area (Å²) in [6.07, 6.45) is 9.09. The molecule has 0 saturated heterocycles. The van der Waals surface area contributed by atoms with E-state index in [9.17, 15) is 0 Å². The van der Waals surface area contributed by atoms with Crippen molar-refractivity contribution in [3.63, 3.8) is 0 Å². The average molecular weight is 275 g/mol. The largest absolute Gasteiger partial charge is 0.385 e. The quantitative estimate of drug-likeness (QED) is 0.721. The Morgan fingerprint density at radius 3 is 2.45 bits per heavy atom. The van der Waals surface area contributed by atoms with Gasteiger partial charge in [-0.2, -0.15) is 0 Å². The second-order valence-corrected chi connectivity index (χ2v) is 5.97. The van der Waals surface area contributed by atoms with E-state index in [1.54, 1.807) is 7.11 Å². The van der Waals surface area contributed by atoms with Crippen LogP contribution in [0, 0.1) is 0 Å². The van der Waals surface area contributed by atoms with Gasteiger partial charge in [-0.05, 0) is 63.0 Å². The minimum absolute atomic E-state index is 0.748. The molecule has 1 aromatic carbocycles. The molecule has 1 N–H and O–H groups in total. The van der Waals surface area contributed by atoms with Gasteiger partial charge < -0.3 is 10.1 Å². The third kappa shape index (κ3) is 5.26. The fraction of sp³-hybridized carbons (Fsp3) is 0.667. The van der Waals surface area contributed by atoms with Crippen LogP contribution in [0.4, 0.5) is 0 Å². The highest BCUT2D eigenvalue weighted by Crippen LogP contribution is 2.32. The zero-order chi connectivity index (χ0) is 14.0. The molecule has 2 rings (SSSR count). The molecule has 0 unspecified atom stereocenters. The van der Waals surface area contributed by atoms with Crippen LogP contribution in [0.25, 0.3) is 0 Å². The van der Waals surface area contributed by atoms with E-state index in [2.05, 4.69) is 35.6 Å². The minimum atomic E-state index is 0.748. The van der Waals surface area contributed by atoms with Gasteiger partial charge in [0.25, 0.3) is 0 Å². The third-order valence-electron chi connectivity index (χ3n) is 4.46. The van der Waals surface area contributed by atoms with Crippen molar-refractivity contribution >= 4 is 0 Å². The summed E-state index contributed by atoms with van der Waals surface area (Å²) in [6.45, 7) is 2.08. The van der Waals surface area contributed by atoms with Gasteiger partial charge in [0.2, 0.25) is 0 Å². The Morgan fingerprint density at radius 2 is 1.75 bits per heavy atom. The number of rotatable bonds is 8. The molecule has 0 spiro atoms. The van der Waals surface area contributed by atoms with Gasteiger partial charge in [-0.15, -0.1) is 0 Å². The van der Waals surface area contributed by atoms with Gasteiger partial charge in [0.05, 0.1) is 0 Å². The van der Waals surface area contributed by atoms with Crippen LogP contribution in [0.1, 0.15) is 56.4 Å². The van der Waals surface area contributed by atoms with Crippen molar-refractivity contribution < 1.29 is 4.74 Å². The lowest BCUT2D eigenvalue weighted by atomic mass is 9.82. The Morgan fingerprint density at radius 1 is 1.00 bits per heavy atom. The van der Waals surface area contributed by atoms with Crippen LogP contribution in [-0.4, -0.2) is 26.3 Å². The van der Waals surface area contributed by atoms with Crippen LogP contribution < -0.4 is 5.32 Å². The van der Waals surface area contributed by atoms with Gasteiger partial charge in [0.1, 0.15) is 0 Å². The fourth-order valence-corrected chi connectivity index (χ4v) is 3.21. The van der Waals surface area contributed by atoms with Gasteiger partial charge >= 0.3 is 0 Å². The van der Waals surface area contributed by atoms with E-state index in [1.165, 1.54) is 57.1 Å². The van der Waals surface area contributed by atoms with Crippen LogP contribution >= 0.6 is 0 Å². The molecule has 0 bridgehead atoms. The van der Waals surface area contributed by atoms with E-state index in [4.69, 9.17) is 4.74 Å². The van der Waals surface area contributed by atoms with Crippen molar-refractivity contribution in [1.82, 2.24) is 5.32 Å². The van der Waals surface area contributed by atoms with Gasteiger partial charge in [-0.25, -0.2) is 0 Å². The Labute approximate surface area is 123 Å². The molecule has 0 atom stereocenters. The molecule has 0 amide bonds. The van der Waals surface area contributed by atoms with Crippen molar-refractivity contribution in [2.45, 2.75) is 56.9 Å². The zero-order valence-corrected chi connectivity index (χ0v) is 12.8. The number of methoxy groups -OCH3 is 1. The molecular weight excluding hydrogens is 246 g/mol. The molecule has 1 aliphatic carbocycles. The number of benzene rings is 1. The zero-order valence-electron chi connectivity index (χ0n) is 12.8. The number of hydrogen-bond donors (Lipinski definition) is 1. The lowest BCUT2D eigenvalue weighted by Crippen LogP contribution is -2.33. The summed E-state index contributed by atoms with van der Waals surface area (Å²) >= 11 is 0. The monoisotopic (exact) mass is 275 g/mol. The van der Waals surface area contributed by atoms with Gasteiger partial charge in [-0.3, -0.25) is 0 Å². The lowest BCUT2D eigenvalue weighted by Gasteiger charge is -2.29. The average Bonchev–Trinajstić information content (AvgIpc) is 2.52. The smallest absolute Gasteiger partial charge is 0.0462 e. The summed E-state index contributed by atoms with van der Waals surface area (Å²) in [5.41, 5.74) is 1.53. The summed E-state index contributed by atoms with van der Waals surface area (Å²) in [5.74, 6) is 0.788. The first-order valence-electron chi connectivity index (χ1n) is 8.17. The van der Waals surface area contributed by atoms with Crippen molar-refractivity contribution in [2.75, 3.05) is 20.3 Å². The molecule has 0 radical (unpaired) electrons. The molecule has 0 aromatic heterocycles. The summed E-state index contributed by atoms with van der Waals surface area (Å²) in [5, 5.41) is 3.73. The van der Waals surface area contributed by atoms with Crippen LogP contribution in [0.15, 0.2) is 30.3 Å². The van der Waals surface area contributed by atoms with Gasteiger partial charge in [0.15, 0.2) is 0 Å². The molecular formula is C18H29NO. The van der Waals surface area contributed by atoms with E-state index >= 15 is 0 Å². The summed E-state index contributed by atoms with van der Waals surface area (Å²) in [4.78, 5) is 0. The summed E-state index contributed by atoms with van der Waals surface area (Å²) in [7, 11) is 1.78. The normalized spacial score (nSPS) is 22.9. The number of ether oxygens (including phenoxy) is 1. The Kier molecular flexibility index (Phi) is 7.10. The second-order valence-electron chi connectivity index (χ2n) is 5.97. The van der Waals surface area contributed by atoms with E-state index < -0.39 is 0 Å². The Balaban J connectivity index is 1.58. The maximum absolute atomic E-state index is 5.07. The molecule has 1 aromatic rings. The standard InChI is InChI=1S/C18H29NO/c1-20-15-7-3-6-14-19-18-12-10-17(11-13-18)16-8-4-2-5-9-16/h2,4-5,8-9,17-19H,3,6-7,10-15H2,1H3. The van der Waals surface area contributed by atoms with Gasteiger partial charge in [0, 0.05) is 19.8 Å². The Bertz CT molecular complexity index is 344. The molecule has 20 heavy (non-hydrogen) atoms. The van der Waals surface area contributed by atoms with Crippen LogP contribution in [-0.2, 0) is 4.74 Å². The summed E-state index contributed by atoms with van der Waals surface area (Å²) in [6, 6.07) is 11.8. The van der Waals surface area contributed by atoms with Gasteiger partial charge in [-0.1, -0.05) is 30.3 Å². The topological polar surface area (TPSA) is 21.3 Å². The highest BCUT2D eigenvalue weighted by atomic mass is 16.5. The van der Waals surface area contributed by atoms with Crippen molar-refractivity contribution in [3.8, 4) is 0 Å². The molecule has 0 aliphatic heterocycles. The van der Waals surface area contributed by atoms with Crippen LogP contribution in [0.2, 0.25) is 0 Å². The molecule has 0 heterocycles. The summed E-state index contributed by atoms with van der Waals surface area (Å²) < 4.78 is 5.07. The van der Waals surface area contributed by atoms with Crippen molar-refractivity contribution in [3.05, 3.63) is 35.9 Å². The maximum atomic E-state index is 5.07. The van der Waals surface area contributed by atoms with E-state index in [0.29, 0.717) is 0 Å². The highest BCUT2D eigenvalue weighted by molar-refractivity contribution is 5.20. The highest BCUT2D eigenvalue weighted by Gasteiger charge is 2.21. The number of hydrogen-bond acceptors (Lipinski definition) is 2. The van der Waals surface area contributed by atoms with E-state index in [-0.39, 0.29) is 0 Å². The minimum Gasteiger partial charge on any atom is -0.385 e. The molecule has 1 fully saturated rings. The predicted octanol–water partition coefficient (Wildman–Crippen LogP) is 4.12. The molecule has 112 valence electrons. The molecule has 2 nitrogen and oxygen atoms in total. The lowest BCUT2D eigenvalue weighted by molar-refractivity contribution is 0.192. The third-order valence-corrected chi connectivity index (χ3v) is 4.46. The molecule has 1 aliphatic rings. The van der Waals surface area contributed by atoms with E-state index in [0.717, 1.165) is 18.6 Å². The SMILES string of the molecule is COCCCCCNC1CCC(c2ccccc2)CC1. The first-order chi connectivity index (χ1) is 9.90. The van der Waals surface area contributed by atoms with Crippen LogP contribution in [0.3, 0.4) is 0 Å². The number of nitrogens with one attached hydrogen (secondary N) is 1. The molecule has 1 saturated carbocycles. The van der Waals surface area contributed by atoms with Crippen molar-refractivity contribution in [2.24, 2.45) is 0 Å². The first kappa shape index (κ1) is 15.5. The predicted molar refractivity (Wildman–Crippen MR) is 85.2 cm³/mol. The second kappa shape index (κ2) is 9.15. The van der Waals surface area contributed by atoms with E-state index in [1.807, 2.05) is 0 Å². The maximum Gasteiger partial charge on any atom is 0.0462 e. The Hall–Kier alpha value is -0.860. The first-order valence-corrected chi connectivity index (χ1v) is 8.17. The van der Waals surface area contributed by atoms with Crippen molar-refractivity contribution in [1.29, 1.82) is 0 Å².